The molecule has 0 spiro atoms. The van der Waals surface area contributed by atoms with Gasteiger partial charge >= 0.3 is 0 Å². The lowest BCUT2D eigenvalue weighted by atomic mass is 10.2. The number of benzene rings is 3. The Bertz CT molecular complexity index is 1400. The second-order valence-corrected chi connectivity index (χ2v) is 10.8. The van der Waals surface area contributed by atoms with Gasteiger partial charge in [0.05, 0.1) is 22.6 Å². The Morgan fingerprint density at radius 1 is 0.971 bits per heavy atom. The molecule has 0 radical (unpaired) electrons. The Morgan fingerprint density at radius 3 is 2.32 bits per heavy atom. The second kappa shape index (κ2) is 9.87. The number of ether oxygens (including phenoxy) is 1. The molecular weight excluding hydrogens is 468 g/mol. The Balaban J connectivity index is 1.60. The highest BCUT2D eigenvalue weighted by Crippen LogP contribution is 2.32. The van der Waals surface area contributed by atoms with Crippen molar-refractivity contribution in [3.05, 3.63) is 89.3 Å². The minimum atomic E-state index is -3.75. The van der Waals surface area contributed by atoms with Crippen LogP contribution in [-0.2, 0) is 16.6 Å². The average Bonchev–Trinajstić information content (AvgIpc) is 3.28. The molecule has 0 fully saturated rings. The van der Waals surface area contributed by atoms with Gasteiger partial charge in [-0.2, -0.15) is 0 Å². The Morgan fingerprint density at radius 2 is 1.68 bits per heavy atom. The molecule has 0 bridgehead atoms. The number of thiophene rings is 1. The molecule has 1 aromatic heterocycles. The van der Waals surface area contributed by atoms with E-state index in [0.29, 0.717) is 22.9 Å². The van der Waals surface area contributed by atoms with Crippen molar-refractivity contribution in [1.82, 2.24) is 4.90 Å². The molecule has 1 heterocycles. The number of nitrogens with zero attached hydrogens (tertiary/aromatic N) is 2. The molecule has 4 rings (SSSR count). The third-order valence-corrected chi connectivity index (χ3v) is 8.56. The van der Waals surface area contributed by atoms with Crippen LogP contribution in [0.25, 0.3) is 10.1 Å². The molecule has 0 aliphatic rings. The van der Waals surface area contributed by atoms with E-state index >= 15 is 0 Å². The molecule has 0 aliphatic carbocycles. The lowest BCUT2D eigenvalue weighted by molar-refractivity contribution is 0.0790. The van der Waals surface area contributed by atoms with Crippen LogP contribution in [-0.4, -0.2) is 39.9 Å². The first kappa shape index (κ1) is 23.8. The summed E-state index contributed by atoms with van der Waals surface area (Å²) in [5.74, 6) is 0.529. The minimum absolute atomic E-state index is 0.0650. The number of carbonyl (C=O) groups is 1. The molecule has 6 nitrogen and oxygen atoms in total. The van der Waals surface area contributed by atoms with E-state index in [1.165, 1.54) is 22.8 Å². The predicted octanol–water partition coefficient (Wildman–Crippen LogP) is 5.40. The molecule has 0 aliphatic heterocycles. The van der Waals surface area contributed by atoms with E-state index in [4.69, 9.17) is 4.74 Å². The number of methoxy groups -OCH3 is 1. The van der Waals surface area contributed by atoms with Gasteiger partial charge in [-0.15, -0.1) is 11.3 Å². The number of sulfonamides is 1. The van der Waals surface area contributed by atoms with Gasteiger partial charge in [-0.3, -0.25) is 9.10 Å². The molecular formula is C26H26N2O4S2. The van der Waals surface area contributed by atoms with E-state index < -0.39 is 10.0 Å². The van der Waals surface area contributed by atoms with Gasteiger partial charge in [0, 0.05) is 24.8 Å². The third kappa shape index (κ3) is 4.78. The van der Waals surface area contributed by atoms with E-state index in [1.54, 1.807) is 49.2 Å². The molecule has 0 saturated carbocycles. The zero-order valence-electron chi connectivity index (χ0n) is 19.3. The summed E-state index contributed by atoms with van der Waals surface area (Å²) in [6.07, 6.45) is 0. The van der Waals surface area contributed by atoms with Gasteiger partial charge in [-0.05, 0) is 66.4 Å². The first-order valence-electron chi connectivity index (χ1n) is 10.8. The molecule has 176 valence electrons. The standard InChI is InChI=1S/C26H26N2O4S2/c1-4-28(34(30,31)23-13-11-22(32-3)12-14-23)21-10-15-24-20(16-21)17-25(33-24)26(29)27(2)18-19-8-6-5-7-9-19/h5-17H,4,18H2,1-3H3. The second-order valence-electron chi connectivity index (χ2n) is 7.82. The maximum absolute atomic E-state index is 13.3. The number of hydrogen-bond acceptors (Lipinski definition) is 5. The third-order valence-electron chi connectivity index (χ3n) is 5.54. The van der Waals surface area contributed by atoms with Crippen LogP contribution in [0.15, 0.2) is 83.8 Å². The molecule has 0 unspecified atom stereocenters. The Labute approximate surface area is 204 Å². The topological polar surface area (TPSA) is 66.9 Å². The van der Waals surface area contributed by atoms with Gasteiger partial charge in [-0.1, -0.05) is 30.3 Å². The summed E-state index contributed by atoms with van der Waals surface area (Å²) in [6, 6.07) is 23.5. The molecule has 3 aromatic carbocycles. The Hall–Kier alpha value is -3.36. The molecule has 4 aromatic rings. The number of amides is 1. The van der Waals surface area contributed by atoms with Crippen molar-refractivity contribution in [1.29, 1.82) is 0 Å². The van der Waals surface area contributed by atoms with Crippen LogP contribution in [0.3, 0.4) is 0 Å². The van der Waals surface area contributed by atoms with E-state index in [-0.39, 0.29) is 17.3 Å². The predicted molar refractivity (Wildman–Crippen MR) is 137 cm³/mol. The van der Waals surface area contributed by atoms with Gasteiger partial charge in [-0.25, -0.2) is 8.42 Å². The summed E-state index contributed by atoms with van der Waals surface area (Å²) in [6.45, 7) is 2.59. The smallest absolute Gasteiger partial charge is 0.264 e. The number of carbonyl (C=O) groups excluding carboxylic acids is 1. The summed E-state index contributed by atoms with van der Waals surface area (Å²) in [7, 11) is -0.428. The fraction of sp³-hybridized carbons (Fsp3) is 0.192. The van der Waals surface area contributed by atoms with Crippen LogP contribution in [0.2, 0.25) is 0 Å². The summed E-state index contributed by atoms with van der Waals surface area (Å²) >= 11 is 1.41. The van der Waals surface area contributed by atoms with Crippen LogP contribution >= 0.6 is 11.3 Å². The monoisotopic (exact) mass is 494 g/mol. The van der Waals surface area contributed by atoms with Crippen LogP contribution in [0.5, 0.6) is 5.75 Å². The summed E-state index contributed by atoms with van der Waals surface area (Å²) < 4.78 is 34.0. The van der Waals surface area contributed by atoms with Crippen LogP contribution in [0.4, 0.5) is 5.69 Å². The van der Waals surface area contributed by atoms with Gasteiger partial charge in [0.1, 0.15) is 5.75 Å². The first-order valence-corrected chi connectivity index (χ1v) is 13.1. The van der Waals surface area contributed by atoms with Crippen LogP contribution in [0, 0.1) is 0 Å². The number of rotatable bonds is 8. The molecule has 0 saturated heterocycles. The largest absolute Gasteiger partial charge is 0.497 e. The number of fused-ring (bicyclic) bond motifs is 1. The first-order chi connectivity index (χ1) is 16.3. The van der Waals surface area contributed by atoms with Crippen molar-refractivity contribution < 1.29 is 17.9 Å². The van der Waals surface area contributed by atoms with E-state index in [2.05, 4.69) is 0 Å². The zero-order chi connectivity index (χ0) is 24.3. The SMILES string of the molecule is CCN(c1ccc2sc(C(=O)N(C)Cc3ccccc3)cc2c1)S(=O)(=O)c1ccc(OC)cc1. The molecule has 34 heavy (non-hydrogen) atoms. The molecule has 0 atom stereocenters. The Kier molecular flexibility index (Phi) is 6.90. The lowest BCUT2D eigenvalue weighted by Crippen LogP contribution is -2.30. The highest BCUT2D eigenvalue weighted by atomic mass is 32.2. The van der Waals surface area contributed by atoms with Crippen LogP contribution in [0.1, 0.15) is 22.2 Å². The van der Waals surface area contributed by atoms with Crippen molar-refractivity contribution in [2.45, 2.75) is 18.4 Å². The van der Waals surface area contributed by atoms with E-state index in [1.807, 2.05) is 48.5 Å². The number of anilines is 1. The van der Waals surface area contributed by atoms with Crippen molar-refractivity contribution in [3.8, 4) is 5.75 Å². The lowest BCUT2D eigenvalue weighted by Gasteiger charge is -2.23. The average molecular weight is 495 g/mol. The van der Waals surface area contributed by atoms with Gasteiger partial charge in [0.2, 0.25) is 0 Å². The number of hydrogen-bond donors (Lipinski definition) is 0. The highest BCUT2D eigenvalue weighted by Gasteiger charge is 2.24. The molecule has 1 amide bonds. The zero-order valence-corrected chi connectivity index (χ0v) is 20.9. The molecule has 0 N–H and O–H groups in total. The fourth-order valence-corrected chi connectivity index (χ4v) is 6.28. The summed E-state index contributed by atoms with van der Waals surface area (Å²) in [5.41, 5.74) is 1.62. The maximum atomic E-state index is 13.3. The van der Waals surface area contributed by atoms with Gasteiger partial charge < -0.3 is 9.64 Å². The van der Waals surface area contributed by atoms with Crippen LogP contribution < -0.4 is 9.04 Å². The summed E-state index contributed by atoms with van der Waals surface area (Å²) in [4.78, 5) is 15.5. The normalized spacial score (nSPS) is 11.4. The van der Waals surface area contributed by atoms with E-state index in [9.17, 15) is 13.2 Å². The highest BCUT2D eigenvalue weighted by molar-refractivity contribution is 7.92. The van der Waals surface area contributed by atoms with Gasteiger partial charge in [0.15, 0.2) is 0 Å². The maximum Gasteiger partial charge on any atom is 0.264 e. The summed E-state index contributed by atoms with van der Waals surface area (Å²) in [5, 5.41) is 0.836. The van der Waals surface area contributed by atoms with Crippen molar-refractivity contribution in [2.75, 3.05) is 25.0 Å². The quantitative estimate of drug-likeness (QED) is 0.329. The van der Waals surface area contributed by atoms with Crippen molar-refractivity contribution >= 4 is 43.0 Å². The van der Waals surface area contributed by atoms with Crippen molar-refractivity contribution in [2.24, 2.45) is 0 Å². The van der Waals surface area contributed by atoms with Gasteiger partial charge in [0.25, 0.3) is 15.9 Å². The minimum Gasteiger partial charge on any atom is -0.497 e. The molecule has 8 heteroatoms. The fourth-order valence-electron chi connectivity index (χ4n) is 3.77. The van der Waals surface area contributed by atoms with Crippen molar-refractivity contribution in [3.63, 3.8) is 0 Å². The van der Waals surface area contributed by atoms with E-state index in [0.717, 1.165) is 15.6 Å².